The van der Waals surface area contributed by atoms with Gasteiger partial charge in [0.25, 0.3) is 5.69 Å². The molecule has 1 aliphatic heterocycles. The summed E-state index contributed by atoms with van der Waals surface area (Å²) in [5.41, 5.74) is 7.37. The van der Waals surface area contributed by atoms with Gasteiger partial charge in [-0.15, -0.1) is 0 Å². The van der Waals surface area contributed by atoms with Crippen molar-refractivity contribution in [1.82, 2.24) is 14.5 Å². The van der Waals surface area contributed by atoms with E-state index in [1.807, 2.05) is 6.20 Å². The quantitative estimate of drug-likeness (QED) is 0.518. The number of hydrogen-bond donors (Lipinski definition) is 1. The molecule has 3 rings (SSSR count). The van der Waals surface area contributed by atoms with Crippen LogP contribution in [0.3, 0.4) is 0 Å². The molecule has 0 spiro atoms. The molecular weight excluding hydrogens is 258 g/mol. The van der Waals surface area contributed by atoms with Crippen molar-refractivity contribution >= 4 is 11.4 Å². The Morgan fingerprint density at radius 3 is 3.05 bits per heavy atom. The Morgan fingerprint density at radius 1 is 1.40 bits per heavy atom. The van der Waals surface area contributed by atoms with E-state index >= 15 is 0 Å². The summed E-state index contributed by atoms with van der Waals surface area (Å²) in [6.45, 7) is 3.09. The molecule has 0 bridgehead atoms. The van der Waals surface area contributed by atoms with Crippen LogP contribution in [-0.2, 0) is 19.6 Å². The van der Waals surface area contributed by atoms with Crippen LogP contribution in [-0.4, -0.2) is 25.9 Å². The number of fused-ring (bicyclic) bond motifs is 1. The second-order valence-corrected chi connectivity index (χ2v) is 4.89. The number of non-ortho nitro benzene ring substituents is 1. The zero-order valence-corrected chi connectivity index (χ0v) is 10.9. The molecule has 20 heavy (non-hydrogen) atoms. The summed E-state index contributed by atoms with van der Waals surface area (Å²) in [4.78, 5) is 16.9. The smallest absolute Gasteiger partial charge is 0.269 e. The van der Waals surface area contributed by atoms with E-state index in [0.717, 1.165) is 31.0 Å². The monoisotopic (exact) mass is 273 g/mol. The third-order valence-electron chi connectivity index (χ3n) is 3.56. The van der Waals surface area contributed by atoms with Crippen molar-refractivity contribution in [1.29, 1.82) is 0 Å². The van der Waals surface area contributed by atoms with Gasteiger partial charge in [0, 0.05) is 49.8 Å². The van der Waals surface area contributed by atoms with Gasteiger partial charge < -0.3 is 10.3 Å². The van der Waals surface area contributed by atoms with Gasteiger partial charge in [-0.25, -0.2) is 4.98 Å². The number of hydrogen-bond acceptors (Lipinski definition) is 5. The van der Waals surface area contributed by atoms with E-state index < -0.39 is 4.92 Å². The van der Waals surface area contributed by atoms with E-state index in [1.54, 1.807) is 18.3 Å². The van der Waals surface area contributed by atoms with Crippen LogP contribution in [0.5, 0.6) is 0 Å². The number of aromatic nitrogens is 2. The van der Waals surface area contributed by atoms with Gasteiger partial charge in [0.1, 0.15) is 5.82 Å². The maximum atomic E-state index is 10.8. The van der Waals surface area contributed by atoms with Crippen molar-refractivity contribution in [3.05, 3.63) is 52.1 Å². The predicted molar refractivity (Wildman–Crippen MR) is 73.8 cm³/mol. The summed E-state index contributed by atoms with van der Waals surface area (Å²) in [5, 5.41) is 10.8. The highest BCUT2D eigenvalue weighted by atomic mass is 16.6. The molecule has 1 aromatic carbocycles. The van der Waals surface area contributed by atoms with Gasteiger partial charge >= 0.3 is 0 Å². The molecule has 7 nitrogen and oxygen atoms in total. The van der Waals surface area contributed by atoms with Crippen molar-refractivity contribution < 1.29 is 4.92 Å². The summed E-state index contributed by atoms with van der Waals surface area (Å²) in [6, 6.07) is 4.58. The van der Waals surface area contributed by atoms with E-state index in [9.17, 15) is 10.1 Å². The van der Waals surface area contributed by atoms with E-state index in [0.29, 0.717) is 12.2 Å². The number of imidazole rings is 1. The minimum absolute atomic E-state index is 0.0766. The molecule has 0 unspecified atom stereocenters. The second-order valence-electron chi connectivity index (χ2n) is 4.89. The first-order chi connectivity index (χ1) is 9.63. The highest BCUT2D eigenvalue weighted by molar-refractivity contribution is 5.52. The number of nitro groups is 1. The predicted octanol–water partition coefficient (Wildman–Crippen LogP) is 1.39. The first-order valence-electron chi connectivity index (χ1n) is 6.38. The van der Waals surface area contributed by atoms with Crippen LogP contribution in [0.4, 0.5) is 11.4 Å². The van der Waals surface area contributed by atoms with E-state index in [1.165, 1.54) is 6.07 Å². The van der Waals surface area contributed by atoms with Gasteiger partial charge in [-0.2, -0.15) is 0 Å². The highest BCUT2D eigenvalue weighted by Gasteiger charge is 2.18. The fourth-order valence-corrected chi connectivity index (χ4v) is 2.44. The Bertz CT molecular complexity index is 652. The molecule has 0 radical (unpaired) electrons. The van der Waals surface area contributed by atoms with Crippen LogP contribution >= 0.6 is 0 Å². The number of rotatable bonds is 3. The lowest BCUT2D eigenvalue weighted by Crippen LogP contribution is -2.33. The Balaban J connectivity index is 1.78. The fraction of sp³-hybridized carbons (Fsp3) is 0.308. The normalized spacial score (nSPS) is 15.0. The van der Waals surface area contributed by atoms with Crippen molar-refractivity contribution in [2.45, 2.75) is 19.6 Å². The first kappa shape index (κ1) is 12.6. The Hall–Kier alpha value is -2.41. The minimum Gasteiger partial charge on any atom is -0.398 e. The summed E-state index contributed by atoms with van der Waals surface area (Å²) >= 11 is 0. The molecule has 1 aromatic heterocycles. The first-order valence-corrected chi connectivity index (χ1v) is 6.38. The summed E-state index contributed by atoms with van der Waals surface area (Å²) in [7, 11) is 0. The minimum atomic E-state index is -0.397. The standard InChI is InChI=1S/C13H15N5O2/c14-12-2-1-11(18(19)20)7-10(12)8-16-5-6-17-4-3-15-13(17)9-16/h1-4,7H,5-6,8-9,14H2. The Morgan fingerprint density at radius 2 is 2.25 bits per heavy atom. The zero-order chi connectivity index (χ0) is 14.1. The number of nitro benzene ring substituents is 1. The third-order valence-corrected chi connectivity index (χ3v) is 3.56. The van der Waals surface area contributed by atoms with Gasteiger partial charge in [-0.05, 0) is 11.6 Å². The Labute approximate surface area is 115 Å². The molecule has 1 aliphatic rings. The van der Waals surface area contributed by atoms with Gasteiger partial charge in [0.2, 0.25) is 0 Å². The molecule has 2 heterocycles. The third kappa shape index (κ3) is 2.35. The molecule has 0 amide bonds. The molecule has 0 fully saturated rings. The lowest BCUT2D eigenvalue weighted by molar-refractivity contribution is -0.384. The van der Waals surface area contributed by atoms with Gasteiger partial charge in [-0.1, -0.05) is 0 Å². The molecule has 2 N–H and O–H groups in total. The molecule has 0 saturated carbocycles. The van der Waals surface area contributed by atoms with Gasteiger partial charge in [0.05, 0.1) is 11.5 Å². The van der Waals surface area contributed by atoms with Crippen LogP contribution in [0.25, 0.3) is 0 Å². The highest BCUT2D eigenvalue weighted by Crippen LogP contribution is 2.22. The van der Waals surface area contributed by atoms with Crippen LogP contribution in [0.2, 0.25) is 0 Å². The van der Waals surface area contributed by atoms with Crippen molar-refractivity contribution in [2.24, 2.45) is 0 Å². The van der Waals surface area contributed by atoms with E-state index in [-0.39, 0.29) is 5.69 Å². The van der Waals surface area contributed by atoms with Crippen molar-refractivity contribution in [2.75, 3.05) is 12.3 Å². The largest absolute Gasteiger partial charge is 0.398 e. The summed E-state index contributed by atoms with van der Waals surface area (Å²) < 4.78 is 2.12. The van der Waals surface area contributed by atoms with Crippen LogP contribution < -0.4 is 5.73 Å². The molecule has 7 heteroatoms. The summed E-state index contributed by atoms with van der Waals surface area (Å²) in [6.07, 6.45) is 3.76. The Kier molecular flexibility index (Phi) is 3.11. The van der Waals surface area contributed by atoms with Gasteiger partial charge in [0.15, 0.2) is 0 Å². The molecule has 0 aliphatic carbocycles. The molecule has 104 valence electrons. The number of anilines is 1. The van der Waals surface area contributed by atoms with Crippen LogP contribution in [0.1, 0.15) is 11.4 Å². The lowest BCUT2D eigenvalue weighted by Gasteiger charge is -2.27. The average Bonchev–Trinajstić information content (AvgIpc) is 2.88. The maximum Gasteiger partial charge on any atom is 0.269 e. The topological polar surface area (TPSA) is 90.2 Å². The number of nitrogens with two attached hydrogens (primary N) is 1. The molecular formula is C13H15N5O2. The maximum absolute atomic E-state index is 10.8. The lowest BCUT2D eigenvalue weighted by atomic mass is 10.1. The number of benzene rings is 1. The second kappa shape index (κ2) is 4.93. The van der Waals surface area contributed by atoms with E-state index in [4.69, 9.17) is 5.73 Å². The number of nitrogen functional groups attached to an aromatic ring is 1. The SMILES string of the molecule is Nc1ccc([N+](=O)[O-])cc1CN1CCn2ccnc2C1. The number of nitrogens with zero attached hydrogens (tertiary/aromatic N) is 4. The van der Waals surface area contributed by atoms with Crippen molar-refractivity contribution in [3.63, 3.8) is 0 Å². The van der Waals surface area contributed by atoms with E-state index in [2.05, 4.69) is 14.5 Å². The summed E-state index contributed by atoms with van der Waals surface area (Å²) in [5.74, 6) is 1.01. The average molecular weight is 273 g/mol. The molecule has 0 atom stereocenters. The van der Waals surface area contributed by atoms with Crippen LogP contribution in [0.15, 0.2) is 30.6 Å². The van der Waals surface area contributed by atoms with Crippen molar-refractivity contribution in [3.8, 4) is 0 Å². The molecule has 2 aromatic rings. The van der Waals surface area contributed by atoms with Gasteiger partial charge in [-0.3, -0.25) is 15.0 Å². The van der Waals surface area contributed by atoms with Crippen LogP contribution in [0, 0.1) is 10.1 Å². The molecule has 0 saturated heterocycles. The zero-order valence-electron chi connectivity index (χ0n) is 10.9. The fourth-order valence-electron chi connectivity index (χ4n) is 2.44.